The van der Waals surface area contributed by atoms with Gasteiger partial charge in [-0.05, 0) is 61.2 Å². The quantitative estimate of drug-likeness (QED) is 0.593. The molecular formula is C22H22ClF2NO4. The minimum absolute atomic E-state index is 0.0219. The average Bonchev–Trinajstić information content (AvgIpc) is 3.46. The maximum absolute atomic E-state index is 13.2. The largest absolute Gasteiger partial charge is 0.490 e. The molecule has 1 aliphatic carbocycles. The maximum Gasteiger partial charge on any atom is 0.387 e. The van der Waals surface area contributed by atoms with Gasteiger partial charge in [-0.3, -0.25) is 4.79 Å². The number of benzene rings is 2. The summed E-state index contributed by atoms with van der Waals surface area (Å²) in [7, 11) is 0. The van der Waals surface area contributed by atoms with E-state index in [9.17, 15) is 13.6 Å². The molecule has 2 aliphatic rings. The van der Waals surface area contributed by atoms with Crippen molar-refractivity contribution in [2.24, 2.45) is 0 Å². The second-order valence-electron chi connectivity index (χ2n) is 7.35. The van der Waals surface area contributed by atoms with Gasteiger partial charge < -0.3 is 19.1 Å². The molecule has 1 saturated carbocycles. The van der Waals surface area contributed by atoms with E-state index in [1.54, 1.807) is 36.1 Å². The first-order valence-electron chi connectivity index (χ1n) is 9.90. The zero-order valence-corrected chi connectivity index (χ0v) is 17.2. The number of ether oxygens (including phenoxy) is 3. The second-order valence-corrected chi connectivity index (χ2v) is 7.79. The predicted molar refractivity (Wildman–Crippen MR) is 107 cm³/mol. The molecule has 1 amide bonds. The van der Waals surface area contributed by atoms with Crippen molar-refractivity contribution in [3.63, 3.8) is 0 Å². The molecule has 5 nitrogen and oxygen atoms in total. The highest BCUT2D eigenvalue weighted by molar-refractivity contribution is 6.30. The van der Waals surface area contributed by atoms with Crippen LogP contribution < -0.4 is 14.2 Å². The van der Waals surface area contributed by atoms with Crippen molar-refractivity contribution in [3.05, 3.63) is 52.5 Å². The Bertz CT molecular complexity index is 935. The molecule has 1 atom stereocenters. The molecular weight excluding hydrogens is 416 g/mol. The van der Waals surface area contributed by atoms with Crippen LogP contribution in [0.1, 0.15) is 30.9 Å². The first-order chi connectivity index (χ1) is 14.4. The number of carbonyl (C=O) groups is 1. The van der Waals surface area contributed by atoms with Gasteiger partial charge in [-0.25, -0.2) is 0 Å². The highest BCUT2D eigenvalue weighted by Crippen LogP contribution is 2.36. The Hall–Kier alpha value is -2.54. The van der Waals surface area contributed by atoms with Crippen molar-refractivity contribution in [2.75, 3.05) is 6.61 Å². The number of halogens is 3. The molecule has 0 saturated heterocycles. The Morgan fingerprint density at radius 2 is 2.03 bits per heavy atom. The first kappa shape index (κ1) is 20.7. The molecule has 4 rings (SSSR count). The third-order valence-corrected chi connectivity index (χ3v) is 5.36. The molecule has 0 N–H and O–H groups in total. The maximum atomic E-state index is 13.2. The SMILES string of the molecule is CCOc1cc(CN(C(=O)C2Cc3cc(Cl)ccc3O2)C2CC2)ccc1OC(F)F. The van der Waals surface area contributed by atoms with Crippen LogP contribution in [0.25, 0.3) is 0 Å². The van der Waals surface area contributed by atoms with E-state index in [1.165, 1.54) is 6.07 Å². The van der Waals surface area contributed by atoms with Gasteiger partial charge in [-0.2, -0.15) is 8.78 Å². The minimum atomic E-state index is -2.94. The van der Waals surface area contributed by atoms with Gasteiger partial charge in [0.25, 0.3) is 5.91 Å². The Kier molecular flexibility index (Phi) is 5.99. The summed E-state index contributed by atoms with van der Waals surface area (Å²) in [5, 5.41) is 0.610. The van der Waals surface area contributed by atoms with Crippen molar-refractivity contribution in [1.82, 2.24) is 4.90 Å². The molecule has 160 valence electrons. The number of amides is 1. The van der Waals surface area contributed by atoms with Crippen LogP contribution in [0.15, 0.2) is 36.4 Å². The normalized spacial score (nSPS) is 17.4. The third-order valence-electron chi connectivity index (χ3n) is 5.12. The van der Waals surface area contributed by atoms with Gasteiger partial charge in [0, 0.05) is 24.0 Å². The van der Waals surface area contributed by atoms with Crippen molar-refractivity contribution in [1.29, 1.82) is 0 Å². The van der Waals surface area contributed by atoms with E-state index < -0.39 is 12.7 Å². The Balaban J connectivity index is 1.50. The summed E-state index contributed by atoms with van der Waals surface area (Å²) < 4.78 is 41.1. The molecule has 1 fully saturated rings. The van der Waals surface area contributed by atoms with E-state index in [0.29, 0.717) is 30.3 Å². The van der Waals surface area contributed by atoms with E-state index in [4.69, 9.17) is 21.1 Å². The number of hydrogen-bond donors (Lipinski definition) is 0. The highest BCUT2D eigenvalue weighted by atomic mass is 35.5. The van der Waals surface area contributed by atoms with E-state index in [2.05, 4.69) is 4.74 Å². The number of carbonyl (C=O) groups excluding carboxylic acids is 1. The van der Waals surface area contributed by atoms with Gasteiger partial charge in [0.1, 0.15) is 5.75 Å². The number of alkyl halides is 2. The van der Waals surface area contributed by atoms with Crippen molar-refractivity contribution in [3.8, 4) is 17.2 Å². The zero-order chi connectivity index (χ0) is 21.3. The van der Waals surface area contributed by atoms with Crippen LogP contribution in [0.5, 0.6) is 17.2 Å². The Morgan fingerprint density at radius 1 is 1.23 bits per heavy atom. The fourth-order valence-electron chi connectivity index (χ4n) is 3.62. The Labute approximate surface area is 178 Å². The van der Waals surface area contributed by atoms with Crippen LogP contribution in [0.2, 0.25) is 5.02 Å². The fraction of sp³-hybridized carbons (Fsp3) is 0.409. The smallest absolute Gasteiger partial charge is 0.387 e. The summed E-state index contributed by atoms with van der Waals surface area (Å²) in [6, 6.07) is 10.3. The summed E-state index contributed by atoms with van der Waals surface area (Å²) in [5.74, 6) is 0.806. The topological polar surface area (TPSA) is 48.0 Å². The van der Waals surface area contributed by atoms with E-state index >= 15 is 0 Å². The average molecular weight is 438 g/mol. The van der Waals surface area contributed by atoms with Crippen LogP contribution in [-0.4, -0.2) is 36.2 Å². The van der Waals surface area contributed by atoms with Crippen LogP contribution in [0.4, 0.5) is 8.78 Å². The standard InChI is InChI=1S/C22H22ClF2NO4/c1-2-28-19-9-13(3-7-18(19)30-22(24)25)12-26(16-5-6-16)21(27)20-11-14-10-15(23)4-8-17(14)29-20/h3-4,7-10,16,20,22H,2,5-6,11-12H2,1H3. The van der Waals surface area contributed by atoms with Gasteiger partial charge in [-0.1, -0.05) is 17.7 Å². The van der Waals surface area contributed by atoms with Gasteiger partial charge in [0.05, 0.1) is 6.61 Å². The van der Waals surface area contributed by atoms with Crippen molar-refractivity contribution >= 4 is 17.5 Å². The van der Waals surface area contributed by atoms with E-state index in [-0.39, 0.29) is 23.4 Å². The van der Waals surface area contributed by atoms with Crippen molar-refractivity contribution < 1.29 is 27.8 Å². The zero-order valence-electron chi connectivity index (χ0n) is 16.4. The molecule has 8 heteroatoms. The lowest BCUT2D eigenvalue weighted by Crippen LogP contribution is -2.42. The monoisotopic (exact) mass is 437 g/mol. The highest BCUT2D eigenvalue weighted by Gasteiger charge is 2.39. The van der Waals surface area contributed by atoms with Crippen LogP contribution in [0, 0.1) is 0 Å². The lowest BCUT2D eigenvalue weighted by molar-refractivity contribution is -0.139. The van der Waals surface area contributed by atoms with Crippen LogP contribution >= 0.6 is 11.6 Å². The van der Waals surface area contributed by atoms with Crippen LogP contribution in [0.3, 0.4) is 0 Å². The lowest BCUT2D eigenvalue weighted by Gasteiger charge is -2.26. The molecule has 0 aromatic heterocycles. The predicted octanol–water partition coefficient (Wildman–Crippen LogP) is 4.83. The first-order valence-corrected chi connectivity index (χ1v) is 10.3. The molecule has 1 heterocycles. The third kappa shape index (κ3) is 4.61. The van der Waals surface area contributed by atoms with E-state index in [1.807, 2.05) is 6.07 Å². The van der Waals surface area contributed by atoms with Gasteiger partial charge in [-0.15, -0.1) is 0 Å². The summed E-state index contributed by atoms with van der Waals surface area (Å²) in [4.78, 5) is 15.0. The molecule has 2 aromatic rings. The number of rotatable bonds is 8. The summed E-state index contributed by atoms with van der Waals surface area (Å²) in [6.45, 7) is -0.518. The summed E-state index contributed by atoms with van der Waals surface area (Å²) >= 11 is 6.05. The van der Waals surface area contributed by atoms with Crippen LogP contribution in [-0.2, 0) is 17.8 Å². The summed E-state index contributed by atoms with van der Waals surface area (Å²) in [6.07, 6.45) is 1.75. The molecule has 0 radical (unpaired) electrons. The Morgan fingerprint density at radius 3 is 2.73 bits per heavy atom. The molecule has 2 aromatic carbocycles. The van der Waals surface area contributed by atoms with Gasteiger partial charge in [0.15, 0.2) is 17.6 Å². The second kappa shape index (κ2) is 8.68. The lowest BCUT2D eigenvalue weighted by atomic mass is 10.1. The fourth-order valence-corrected chi connectivity index (χ4v) is 3.82. The number of fused-ring (bicyclic) bond motifs is 1. The van der Waals surface area contributed by atoms with E-state index in [0.717, 1.165) is 24.0 Å². The number of hydrogen-bond acceptors (Lipinski definition) is 4. The van der Waals surface area contributed by atoms with Gasteiger partial charge >= 0.3 is 6.61 Å². The molecule has 30 heavy (non-hydrogen) atoms. The summed E-state index contributed by atoms with van der Waals surface area (Å²) in [5.41, 5.74) is 1.70. The van der Waals surface area contributed by atoms with Crippen molar-refractivity contribution in [2.45, 2.75) is 51.5 Å². The molecule has 0 spiro atoms. The molecule has 1 unspecified atom stereocenters. The number of nitrogens with zero attached hydrogens (tertiary/aromatic N) is 1. The minimum Gasteiger partial charge on any atom is -0.490 e. The molecule has 0 bridgehead atoms. The molecule has 1 aliphatic heterocycles. The van der Waals surface area contributed by atoms with Gasteiger partial charge in [0.2, 0.25) is 0 Å².